The minimum absolute atomic E-state index is 0.0745. The van der Waals surface area contributed by atoms with Gasteiger partial charge in [0.1, 0.15) is 0 Å². The molecule has 100 valence electrons. The van der Waals surface area contributed by atoms with Crippen LogP contribution in [0.25, 0.3) is 0 Å². The van der Waals surface area contributed by atoms with Gasteiger partial charge in [0, 0.05) is 13.1 Å². The summed E-state index contributed by atoms with van der Waals surface area (Å²) in [7, 11) is 0. The van der Waals surface area contributed by atoms with Crippen molar-refractivity contribution in [1.82, 2.24) is 10.2 Å². The highest BCUT2D eigenvalue weighted by Gasteiger charge is 2.28. The van der Waals surface area contributed by atoms with E-state index in [-0.39, 0.29) is 6.04 Å². The van der Waals surface area contributed by atoms with Gasteiger partial charge in [-0.05, 0) is 38.6 Å². The Kier molecular flexibility index (Phi) is 6.56. The molecule has 1 amide bonds. The number of nitrogens with one attached hydrogen (secondary N) is 1. The van der Waals surface area contributed by atoms with Crippen molar-refractivity contribution in [2.75, 3.05) is 19.6 Å². The highest BCUT2D eigenvalue weighted by atomic mass is 16.2. The average molecular weight is 240 g/mol. The lowest BCUT2D eigenvalue weighted by Crippen LogP contribution is -2.50. The molecule has 3 nitrogen and oxygen atoms in total. The average Bonchev–Trinajstić information content (AvgIpc) is 2.39. The molecular weight excluding hydrogens is 212 g/mol. The first-order valence-electron chi connectivity index (χ1n) is 7.25. The molecule has 0 radical (unpaired) electrons. The summed E-state index contributed by atoms with van der Waals surface area (Å²) >= 11 is 0. The Morgan fingerprint density at radius 1 is 1.35 bits per heavy atom. The lowest BCUT2D eigenvalue weighted by atomic mass is 9.90. The minimum Gasteiger partial charge on any atom is -0.342 e. The van der Waals surface area contributed by atoms with Crippen molar-refractivity contribution >= 4 is 5.91 Å². The van der Waals surface area contributed by atoms with Gasteiger partial charge in [-0.2, -0.15) is 0 Å². The van der Waals surface area contributed by atoms with E-state index in [0.717, 1.165) is 44.8 Å². The van der Waals surface area contributed by atoms with Gasteiger partial charge in [-0.25, -0.2) is 0 Å². The van der Waals surface area contributed by atoms with Gasteiger partial charge in [0.05, 0.1) is 6.04 Å². The molecule has 1 saturated heterocycles. The molecule has 1 N–H and O–H groups in total. The SMILES string of the molecule is CCCCN(CC)C(=O)C1CC(CC)CCN1. The molecule has 17 heavy (non-hydrogen) atoms. The number of nitrogens with zero attached hydrogens (tertiary/aromatic N) is 1. The van der Waals surface area contributed by atoms with Crippen molar-refractivity contribution < 1.29 is 4.79 Å². The molecule has 0 aliphatic carbocycles. The summed E-state index contributed by atoms with van der Waals surface area (Å²) in [6.45, 7) is 9.24. The number of piperidine rings is 1. The Morgan fingerprint density at radius 3 is 2.71 bits per heavy atom. The fourth-order valence-electron chi connectivity index (χ4n) is 2.55. The molecule has 0 spiro atoms. The number of likely N-dealkylation sites (N-methyl/N-ethyl adjacent to an activating group) is 1. The van der Waals surface area contributed by atoms with E-state index in [1.54, 1.807) is 0 Å². The third-order valence-corrected chi connectivity index (χ3v) is 3.86. The quantitative estimate of drug-likeness (QED) is 0.773. The van der Waals surface area contributed by atoms with Crippen LogP contribution < -0.4 is 5.32 Å². The summed E-state index contributed by atoms with van der Waals surface area (Å²) in [6, 6.07) is 0.0745. The smallest absolute Gasteiger partial charge is 0.239 e. The number of hydrogen-bond donors (Lipinski definition) is 1. The molecule has 2 atom stereocenters. The summed E-state index contributed by atoms with van der Waals surface area (Å²) in [6.07, 6.45) is 5.72. The maximum absolute atomic E-state index is 12.4. The molecule has 1 aliphatic heterocycles. The Balaban J connectivity index is 2.48. The molecule has 0 aromatic carbocycles. The largest absolute Gasteiger partial charge is 0.342 e. The minimum atomic E-state index is 0.0745. The summed E-state index contributed by atoms with van der Waals surface area (Å²) in [5, 5.41) is 3.38. The van der Waals surface area contributed by atoms with E-state index >= 15 is 0 Å². The lowest BCUT2D eigenvalue weighted by Gasteiger charge is -2.32. The van der Waals surface area contributed by atoms with Gasteiger partial charge < -0.3 is 10.2 Å². The first-order chi connectivity index (χ1) is 8.22. The third kappa shape index (κ3) is 4.30. The number of hydrogen-bond acceptors (Lipinski definition) is 2. The molecule has 1 rings (SSSR count). The standard InChI is InChI=1S/C14H28N2O/c1-4-7-10-16(6-3)14(17)13-11-12(5-2)8-9-15-13/h12-13,15H,4-11H2,1-3H3. The van der Waals surface area contributed by atoms with Crippen molar-refractivity contribution in [3.63, 3.8) is 0 Å². The highest BCUT2D eigenvalue weighted by molar-refractivity contribution is 5.82. The van der Waals surface area contributed by atoms with Crippen molar-refractivity contribution in [2.24, 2.45) is 5.92 Å². The normalized spacial score (nSPS) is 24.6. The van der Waals surface area contributed by atoms with Crippen LogP contribution in [0.2, 0.25) is 0 Å². The zero-order valence-corrected chi connectivity index (χ0v) is 11.7. The van der Waals surface area contributed by atoms with Gasteiger partial charge in [-0.1, -0.05) is 26.7 Å². The van der Waals surface area contributed by atoms with Crippen LogP contribution >= 0.6 is 0 Å². The topological polar surface area (TPSA) is 32.3 Å². The second kappa shape index (κ2) is 7.70. The highest BCUT2D eigenvalue weighted by Crippen LogP contribution is 2.20. The van der Waals surface area contributed by atoms with Crippen LogP contribution in [-0.4, -0.2) is 36.5 Å². The van der Waals surface area contributed by atoms with Crippen molar-refractivity contribution in [2.45, 2.75) is 58.9 Å². The number of amides is 1. The Bertz CT molecular complexity index is 230. The first kappa shape index (κ1) is 14.5. The van der Waals surface area contributed by atoms with Crippen molar-refractivity contribution in [3.05, 3.63) is 0 Å². The van der Waals surface area contributed by atoms with Crippen LogP contribution in [0.4, 0.5) is 0 Å². The number of unbranched alkanes of at least 4 members (excludes halogenated alkanes) is 1. The van der Waals surface area contributed by atoms with Crippen LogP contribution in [0.1, 0.15) is 52.9 Å². The van der Waals surface area contributed by atoms with E-state index in [0.29, 0.717) is 5.91 Å². The molecule has 0 saturated carbocycles. The number of carbonyl (C=O) groups is 1. The number of carbonyl (C=O) groups excluding carboxylic acids is 1. The van der Waals surface area contributed by atoms with Crippen LogP contribution in [0.3, 0.4) is 0 Å². The van der Waals surface area contributed by atoms with E-state index < -0.39 is 0 Å². The predicted octanol–water partition coefficient (Wildman–Crippen LogP) is 2.41. The molecule has 0 aromatic rings. The summed E-state index contributed by atoms with van der Waals surface area (Å²) in [5.41, 5.74) is 0. The van der Waals surface area contributed by atoms with E-state index in [1.165, 1.54) is 12.8 Å². The lowest BCUT2D eigenvalue weighted by molar-refractivity contribution is -0.134. The molecule has 1 aliphatic rings. The zero-order chi connectivity index (χ0) is 12.7. The van der Waals surface area contributed by atoms with Crippen molar-refractivity contribution in [1.29, 1.82) is 0 Å². The summed E-state index contributed by atoms with van der Waals surface area (Å²) in [5.74, 6) is 1.05. The third-order valence-electron chi connectivity index (χ3n) is 3.86. The van der Waals surface area contributed by atoms with Crippen LogP contribution in [0.5, 0.6) is 0 Å². The van der Waals surface area contributed by atoms with Crippen LogP contribution in [0, 0.1) is 5.92 Å². The maximum atomic E-state index is 12.4. The molecule has 2 unspecified atom stereocenters. The Labute approximate surface area is 106 Å². The Morgan fingerprint density at radius 2 is 2.12 bits per heavy atom. The molecule has 0 aromatic heterocycles. The predicted molar refractivity (Wildman–Crippen MR) is 72.0 cm³/mol. The second-order valence-corrected chi connectivity index (χ2v) is 5.08. The van der Waals surface area contributed by atoms with Gasteiger partial charge in [0.25, 0.3) is 0 Å². The van der Waals surface area contributed by atoms with Crippen LogP contribution in [-0.2, 0) is 4.79 Å². The van der Waals surface area contributed by atoms with E-state index in [4.69, 9.17) is 0 Å². The monoisotopic (exact) mass is 240 g/mol. The van der Waals surface area contributed by atoms with Crippen LogP contribution in [0.15, 0.2) is 0 Å². The first-order valence-corrected chi connectivity index (χ1v) is 7.25. The van der Waals surface area contributed by atoms with Gasteiger partial charge >= 0.3 is 0 Å². The van der Waals surface area contributed by atoms with Gasteiger partial charge in [-0.15, -0.1) is 0 Å². The van der Waals surface area contributed by atoms with E-state index in [1.807, 2.05) is 4.90 Å². The summed E-state index contributed by atoms with van der Waals surface area (Å²) in [4.78, 5) is 14.4. The Hall–Kier alpha value is -0.570. The molecule has 0 bridgehead atoms. The molecule has 1 heterocycles. The number of rotatable bonds is 6. The molecule has 3 heteroatoms. The van der Waals surface area contributed by atoms with E-state index in [2.05, 4.69) is 26.1 Å². The molecular formula is C14H28N2O. The maximum Gasteiger partial charge on any atom is 0.239 e. The fraction of sp³-hybridized carbons (Fsp3) is 0.929. The fourth-order valence-corrected chi connectivity index (χ4v) is 2.55. The van der Waals surface area contributed by atoms with E-state index in [9.17, 15) is 4.79 Å². The second-order valence-electron chi connectivity index (χ2n) is 5.08. The van der Waals surface area contributed by atoms with Crippen molar-refractivity contribution in [3.8, 4) is 0 Å². The summed E-state index contributed by atoms with van der Waals surface area (Å²) < 4.78 is 0. The zero-order valence-electron chi connectivity index (χ0n) is 11.7. The van der Waals surface area contributed by atoms with Gasteiger partial charge in [0.2, 0.25) is 5.91 Å². The van der Waals surface area contributed by atoms with Gasteiger partial charge in [-0.3, -0.25) is 4.79 Å². The molecule has 1 fully saturated rings. The van der Waals surface area contributed by atoms with Gasteiger partial charge in [0.15, 0.2) is 0 Å².